The summed E-state index contributed by atoms with van der Waals surface area (Å²) < 4.78 is 13.6. The maximum absolute atomic E-state index is 13.1. The Hall–Kier alpha value is -2.29. The Morgan fingerprint density at radius 3 is 2.41 bits per heavy atom. The quantitative estimate of drug-likeness (QED) is 0.677. The molecule has 0 fully saturated rings. The van der Waals surface area contributed by atoms with Gasteiger partial charge in [0.15, 0.2) is 0 Å². The van der Waals surface area contributed by atoms with E-state index in [1.165, 1.54) is 23.0 Å². The third kappa shape index (κ3) is 3.14. The zero-order valence-corrected chi connectivity index (χ0v) is 13.4. The number of hydrogen-bond acceptors (Lipinski definition) is 3. The molecular weight excluding hydrogens is 398 g/mol. The molecule has 0 aliphatic heterocycles. The first kappa shape index (κ1) is 14.6. The molecule has 0 aliphatic rings. The van der Waals surface area contributed by atoms with Crippen molar-refractivity contribution in [2.45, 2.75) is 0 Å². The highest BCUT2D eigenvalue weighted by Gasteiger charge is 2.11. The van der Waals surface area contributed by atoms with Gasteiger partial charge in [-0.25, -0.2) is 4.39 Å². The van der Waals surface area contributed by atoms with Crippen LogP contribution in [0.15, 0.2) is 54.9 Å². The van der Waals surface area contributed by atoms with Gasteiger partial charge in [-0.15, -0.1) is 0 Å². The van der Waals surface area contributed by atoms with Crippen molar-refractivity contribution in [1.82, 2.24) is 15.0 Å². The molecule has 7 heteroatoms. The van der Waals surface area contributed by atoms with Gasteiger partial charge in [0.1, 0.15) is 5.82 Å². The van der Waals surface area contributed by atoms with Gasteiger partial charge in [0.05, 0.1) is 23.6 Å². The summed E-state index contributed by atoms with van der Waals surface area (Å²) in [5, 5.41) is 10.8. The van der Waals surface area contributed by atoms with E-state index >= 15 is 0 Å². The zero-order chi connectivity index (χ0) is 15.5. The van der Waals surface area contributed by atoms with Crippen LogP contribution in [0, 0.1) is 9.39 Å². The predicted octanol–water partition coefficient (Wildman–Crippen LogP) is 3.26. The van der Waals surface area contributed by atoms with E-state index in [2.05, 4.69) is 15.5 Å². The van der Waals surface area contributed by atoms with Crippen LogP contribution in [0.4, 0.5) is 10.1 Å². The van der Waals surface area contributed by atoms with Crippen LogP contribution in [0.2, 0.25) is 0 Å². The molecule has 0 saturated carbocycles. The van der Waals surface area contributed by atoms with Gasteiger partial charge in [0.25, 0.3) is 5.91 Å². The molecule has 1 amide bonds. The number of halogens is 2. The molecule has 0 bridgehead atoms. The van der Waals surface area contributed by atoms with Gasteiger partial charge in [-0.1, -0.05) is 0 Å². The molecule has 0 unspecified atom stereocenters. The van der Waals surface area contributed by atoms with Crippen molar-refractivity contribution >= 4 is 34.2 Å². The number of amides is 1. The first-order valence-electron chi connectivity index (χ1n) is 6.36. The van der Waals surface area contributed by atoms with Crippen molar-refractivity contribution in [3.63, 3.8) is 0 Å². The third-order valence-electron chi connectivity index (χ3n) is 2.95. The number of nitrogens with zero attached hydrogens (tertiary/aromatic N) is 3. The maximum Gasteiger partial charge on any atom is 0.256 e. The summed E-state index contributed by atoms with van der Waals surface area (Å²) in [5.74, 6) is -0.647. The van der Waals surface area contributed by atoms with Crippen molar-refractivity contribution in [1.29, 1.82) is 0 Å². The number of carbonyl (C=O) groups excluding carboxylic acids is 1. The summed E-state index contributed by atoms with van der Waals surface area (Å²) in [5.41, 5.74) is 1.86. The van der Waals surface area contributed by atoms with Gasteiger partial charge >= 0.3 is 0 Å². The molecular formula is C15H10FIN4O. The smallest absolute Gasteiger partial charge is 0.256 e. The van der Waals surface area contributed by atoms with E-state index in [0.717, 1.165) is 5.69 Å². The van der Waals surface area contributed by atoms with Crippen LogP contribution in [0.3, 0.4) is 0 Å². The van der Waals surface area contributed by atoms with Crippen LogP contribution in [0.25, 0.3) is 5.69 Å². The summed E-state index contributed by atoms with van der Waals surface area (Å²) in [6, 6.07) is 11.2. The number of nitrogens with one attached hydrogen (secondary N) is 1. The fourth-order valence-corrected chi connectivity index (χ4v) is 2.62. The van der Waals surface area contributed by atoms with E-state index in [-0.39, 0.29) is 11.7 Å². The number of benzene rings is 2. The Labute approximate surface area is 139 Å². The lowest BCUT2D eigenvalue weighted by molar-refractivity contribution is 0.102. The molecule has 3 aromatic rings. The normalized spacial score (nSPS) is 10.5. The Morgan fingerprint density at radius 2 is 1.77 bits per heavy atom. The Bertz CT molecular complexity index is 803. The molecule has 0 aliphatic carbocycles. The first-order valence-corrected chi connectivity index (χ1v) is 7.44. The summed E-state index contributed by atoms with van der Waals surface area (Å²) in [4.78, 5) is 13.7. The van der Waals surface area contributed by atoms with Gasteiger partial charge in [-0.2, -0.15) is 15.0 Å². The molecule has 1 heterocycles. The number of anilines is 1. The Balaban J connectivity index is 1.77. The topological polar surface area (TPSA) is 59.8 Å². The summed E-state index contributed by atoms with van der Waals surface area (Å²) in [6.07, 6.45) is 3.18. The van der Waals surface area contributed by atoms with Crippen LogP contribution >= 0.6 is 22.6 Å². The van der Waals surface area contributed by atoms with E-state index in [4.69, 9.17) is 0 Å². The van der Waals surface area contributed by atoms with Gasteiger partial charge in [0, 0.05) is 9.26 Å². The second kappa shape index (κ2) is 6.22. The minimum Gasteiger partial charge on any atom is -0.322 e. The molecule has 0 atom stereocenters. The highest BCUT2D eigenvalue weighted by Crippen LogP contribution is 2.17. The average Bonchev–Trinajstić information content (AvgIpc) is 3.02. The van der Waals surface area contributed by atoms with Crippen molar-refractivity contribution < 1.29 is 9.18 Å². The van der Waals surface area contributed by atoms with E-state index in [9.17, 15) is 9.18 Å². The second-order valence-corrected chi connectivity index (χ2v) is 5.61. The van der Waals surface area contributed by atoms with Crippen molar-refractivity contribution in [2.75, 3.05) is 5.32 Å². The van der Waals surface area contributed by atoms with Gasteiger partial charge in [-0.3, -0.25) is 4.79 Å². The van der Waals surface area contributed by atoms with Crippen LogP contribution in [-0.2, 0) is 0 Å². The van der Waals surface area contributed by atoms with E-state index < -0.39 is 0 Å². The molecule has 3 rings (SSSR count). The SMILES string of the molecule is O=C(Nc1ccc(-n2nccn2)cc1)c1ccc(F)cc1I. The van der Waals surface area contributed by atoms with Crippen LogP contribution in [0.1, 0.15) is 10.4 Å². The average molecular weight is 408 g/mol. The lowest BCUT2D eigenvalue weighted by Gasteiger charge is -2.08. The third-order valence-corrected chi connectivity index (χ3v) is 3.84. The minimum atomic E-state index is -0.364. The lowest BCUT2D eigenvalue weighted by atomic mass is 10.2. The lowest BCUT2D eigenvalue weighted by Crippen LogP contribution is -2.13. The molecule has 5 nitrogen and oxygen atoms in total. The summed E-state index contributed by atoms with van der Waals surface area (Å²) in [6.45, 7) is 0. The zero-order valence-electron chi connectivity index (χ0n) is 11.2. The standard InChI is InChI=1S/C15H10FIN4O/c16-10-1-6-13(14(17)9-10)15(22)20-11-2-4-12(5-3-11)21-18-7-8-19-21/h1-9H,(H,20,22). The van der Waals surface area contributed by atoms with E-state index in [0.29, 0.717) is 14.8 Å². The fraction of sp³-hybridized carbons (Fsp3) is 0. The number of aromatic nitrogens is 3. The van der Waals surface area contributed by atoms with Crippen molar-refractivity contribution in [3.8, 4) is 5.69 Å². The number of carbonyl (C=O) groups is 1. The largest absolute Gasteiger partial charge is 0.322 e. The molecule has 0 spiro atoms. The molecule has 22 heavy (non-hydrogen) atoms. The van der Waals surface area contributed by atoms with Gasteiger partial charge in [0.2, 0.25) is 0 Å². The molecule has 2 aromatic carbocycles. The highest BCUT2D eigenvalue weighted by atomic mass is 127. The van der Waals surface area contributed by atoms with E-state index in [1.807, 2.05) is 22.6 Å². The first-order chi connectivity index (χ1) is 10.6. The molecule has 1 aromatic heterocycles. The van der Waals surface area contributed by atoms with Crippen LogP contribution < -0.4 is 5.32 Å². The van der Waals surface area contributed by atoms with E-state index in [1.54, 1.807) is 36.7 Å². The van der Waals surface area contributed by atoms with Crippen LogP contribution in [-0.4, -0.2) is 20.9 Å². The van der Waals surface area contributed by atoms with Crippen molar-refractivity contribution in [3.05, 3.63) is 69.8 Å². The summed E-state index contributed by atoms with van der Waals surface area (Å²) >= 11 is 1.94. The molecule has 1 N–H and O–H groups in total. The summed E-state index contributed by atoms with van der Waals surface area (Å²) in [7, 11) is 0. The Kier molecular flexibility index (Phi) is 4.14. The van der Waals surface area contributed by atoms with Crippen molar-refractivity contribution in [2.24, 2.45) is 0 Å². The van der Waals surface area contributed by atoms with Gasteiger partial charge < -0.3 is 5.32 Å². The molecule has 0 saturated heterocycles. The fourth-order valence-electron chi connectivity index (χ4n) is 1.90. The highest BCUT2D eigenvalue weighted by molar-refractivity contribution is 14.1. The van der Waals surface area contributed by atoms with Crippen LogP contribution in [0.5, 0.6) is 0 Å². The predicted molar refractivity (Wildman–Crippen MR) is 88.4 cm³/mol. The Morgan fingerprint density at radius 1 is 1.09 bits per heavy atom. The maximum atomic E-state index is 13.1. The minimum absolute atomic E-state index is 0.283. The monoisotopic (exact) mass is 408 g/mol. The van der Waals surface area contributed by atoms with Gasteiger partial charge in [-0.05, 0) is 65.1 Å². The molecule has 0 radical (unpaired) electrons. The molecule has 110 valence electrons. The number of rotatable bonds is 3. The number of hydrogen-bond donors (Lipinski definition) is 1. The second-order valence-electron chi connectivity index (χ2n) is 4.44.